The highest BCUT2D eigenvalue weighted by Gasteiger charge is 2.32. The highest BCUT2D eigenvalue weighted by molar-refractivity contribution is 5.77. The van der Waals surface area contributed by atoms with Crippen molar-refractivity contribution in [3.05, 3.63) is 0 Å². The number of carbonyl (C=O) groups is 2. The molecular weight excluding hydrogens is 232 g/mol. The summed E-state index contributed by atoms with van der Waals surface area (Å²) >= 11 is 0. The first-order valence-corrected chi connectivity index (χ1v) is 6.31. The zero-order valence-electron chi connectivity index (χ0n) is 10.7. The number of terminal acetylenes is 1. The Bertz CT molecular complexity index is 349. The molecule has 0 aromatic rings. The summed E-state index contributed by atoms with van der Waals surface area (Å²) in [6, 6.07) is -0.552. The molecule has 2 atom stereocenters. The van der Waals surface area contributed by atoms with Gasteiger partial charge in [-0.1, -0.05) is 18.8 Å². The molecule has 2 unspecified atom stereocenters. The van der Waals surface area contributed by atoms with E-state index in [-0.39, 0.29) is 18.6 Å². The van der Waals surface area contributed by atoms with Crippen molar-refractivity contribution in [2.24, 2.45) is 5.92 Å². The van der Waals surface area contributed by atoms with Crippen molar-refractivity contribution in [2.75, 3.05) is 13.1 Å². The summed E-state index contributed by atoms with van der Waals surface area (Å²) in [6.45, 7) is 2.60. The average Bonchev–Trinajstić information content (AvgIpc) is 2.36. The molecule has 0 bridgehead atoms. The number of carboxylic acids is 1. The maximum Gasteiger partial charge on any atom is 0.318 e. The minimum absolute atomic E-state index is 0.243. The van der Waals surface area contributed by atoms with Gasteiger partial charge in [0.1, 0.15) is 0 Å². The molecule has 100 valence electrons. The summed E-state index contributed by atoms with van der Waals surface area (Å²) in [5, 5.41) is 11.9. The van der Waals surface area contributed by atoms with Gasteiger partial charge in [0.05, 0.1) is 12.5 Å². The first-order chi connectivity index (χ1) is 8.60. The van der Waals surface area contributed by atoms with E-state index in [9.17, 15) is 9.59 Å². The third-order valence-corrected chi connectivity index (χ3v) is 3.34. The Balaban J connectivity index is 2.61. The number of hydrogen-bond acceptors (Lipinski definition) is 2. The minimum Gasteiger partial charge on any atom is -0.481 e. The maximum absolute atomic E-state index is 11.9. The fraction of sp³-hybridized carbons (Fsp3) is 0.692. The number of carboxylic acid groups (broad SMARTS) is 1. The lowest BCUT2D eigenvalue weighted by atomic mass is 9.84. The van der Waals surface area contributed by atoms with E-state index in [1.807, 2.05) is 6.92 Å². The molecule has 0 aromatic heterocycles. The van der Waals surface area contributed by atoms with Crippen molar-refractivity contribution >= 4 is 12.0 Å². The van der Waals surface area contributed by atoms with Gasteiger partial charge in [-0.25, -0.2) is 4.79 Å². The number of aliphatic carboxylic acids is 1. The molecule has 0 saturated heterocycles. The largest absolute Gasteiger partial charge is 0.481 e. The Hall–Kier alpha value is -1.70. The third kappa shape index (κ3) is 3.66. The van der Waals surface area contributed by atoms with E-state index >= 15 is 0 Å². The molecular formula is C13H20N2O3. The van der Waals surface area contributed by atoms with Gasteiger partial charge in [-0.05, 0) is 19.8 Å². The smallest absolute Gasteiger partial charge is 0.318 e. The lowest BCUT2D eigenvalue weighted by Crippen LogP contribution is -2.50. The first kappa shape index (κ1) is 14.4. The summed E-state index contributed by atoms with van der Waals surface area (Å²) in [5.74, 6) is 1.11. The molecule has 0 aromatic carbocycles. The van der Waals surface area contributed by atoms with E-state index in [4.69, 9.17) is 11.5 Å². The number of nitrogens with one attached hydrogen (secondary N) is 1. The second kappa shape index (κ2) is 6.90. The van der Waals surface area contributed by atoms with Crippen LogP contribution in [0.25, 0.3) is 0 Å². The molecule has 5 nitrogen and oxygen atoms in total. The molecule has 0 aliphatic heterocycles. The highest BCUT2D eigenvalue weighted by Crippen LogP contribution is 2.24. The normalized spacial score (nSPS) is 22.9. The Morgan fingerprint density at radius 1 is 1.44 bits per heavy atom. The summed E-state index contributed by atoms with van der Waals surface area (Å²) in [4.78, 5) is 24.5. The van der Waals surface area contributed by atoms with E-state index in [1.165, 1.54) is 4.90 Å². The number of rotatable bonds is 4. The van der Waals surface area contributed by atoms with Crippen molar-refractivity contribution in [3.63, 3.8) is 0 Å². The molecule has 5 heteroatoms. The van der Waals surface area contributed by atoms with Crippen molar-refractivity contribution in [1.82, 2.24) is 10.2 Å². The summed E-state index contributed by atoms with van der Waals surface area (Å²) in [6.07, 6.45) is 8.39. The molecule has 0 radical (unpaired) electrons. The van der Waals surface area contributed by atoms with Crippen LogP contribution in [0.5, 0.6) is 0 Å². The number of hydrogen-bond donors (Lipinski definition) is 2. The Morgan fingerprint density at radius 3 is 2.67 bits per heavy atom. The van der Waals surface area contributed by atoms with Crippen LogP contribution in [-0.2, 0) is 4.79 Å². The molecule has 18 heavy (non-hydrogen) atoms. The number of amides is 2. The quantitative estimate of drug-likeness (QED) is 0.741. The van der Waals surface area contributed by atoms with Crippen LogP contribution in [0, 0.1) is 18.3 Å². The molecule has 0 heterocycles. The standard InChI is InChI=1S/C13H20N2O3/c1-3-9-15(4-2)13(18)14-11-8-6-5-7-10(11)12(16)17/h1,10-11H,4-9H2,2H3,(H,14,18)(H,16,17). The van der Waals surface area contributed by atoms with Gasteiger partial charge in [0.25, 0.3) is 0 Å². The van der Waals surface area contributed by atoms with Crippen LogP contribution in [0.2, 0.25) is 0 Å². The van der Waals surface area contributed by atoms with Crippen molar-refractivity contribution < 1.29 is 14.7 Å². The number of nitrogens with zero attached hydrogens (tertiary/aromatic N) is 1. The zero-order valence-corrected chi connectivity index (χ0v) is 10.7. The second-order valence-electron chi connectivity index (χ2n) is 4.50. The SMILES string of the molecule is C#CCN(CC)C(=O)NC1CCCCC1C(=O)O. The molecule has 1 fully saturated rings. The number of carbonyl (C=O) groups excluding carboxylic acids is 1. The van der Waals surface area contributed by atoms with Crippen LogP contribution >= 0.6 is 0 Å². The van der Waals surface area contributed by atoms with E-state index in [0.29, 0.717) is 13.0 Å². The third-order valence-electron chi connectivity index (χ3n) is 3.34. The lowest BCUT2D eigenvalue weighted by molar-refractivity contribution is -0.143. The molecule has 2 N–H and O–H groups in total. The van der Waals surface area contributed by atoms with Crippen LogP contribution in [0.4, 0.5) is 4.79 Å². The van der Waals surface area contributed by atoms with Crippen LogP contribution in [0.15, 0.2) is 0 Å². The predicted molar refractivity (Wildman–Crippen MR) is 68.0 cm³/mol. The molecule has 0 spiro atoms. The van der Waals surface area contributed by atoms with Crippen molar-refractivity contribution in [3.8, 4) is 12.3 Å². The van der Waals surface area contributed by atoms with Gasteiger partial charge in [0, 0.05) is 12.6 Å². The Morgan fingerprint density at radius 2 is 2.11 bits per heavy atom. The summed E-state index contributed by atoms with van der Waals surface area (Å²) in [5.41, 5.74) is 0. The summed E-state index contributed by atoms with van der Waals surface area (Å²) < 4.78 is 0. The zero-order chi connectivity index (χ0) is 13.5. The highest BCUT2D eigenvalue weighted by atomic mass is 16.4. The van der Waals surface area contributed by atoms with Gasteiger partial charge in [-0.3, -0.25) is 4.79 Å². The van der Waals surface area contributed by atoms with Gasteiger partial charge >= 0.3 is 12.0 Å². The topological polar surface area (TPSA) is 69.6 Å². The fourth-order valence-corrected chi connectivity index (χ4v) is 2.29. The first-order valence-electron chi connectivity index (χ1n) is 6.31. The summed E-state index contributed by atoms with van der Waals surface area (Å²) in [7, 11) is 0. The fourth-order valence-electron chi connectivity index (χ4n) is 2.29. The van der Waals surface area contributed by atoms with E-state index in [1.54, 1.807) is 0 Å². The van der Waals surface area contributed by atoms with Gasteiger partial charge < -0.3 is 15.3 Å². The lowest BCUT2D eigenvalue weighted by Gasteiger charge is -2.31. The van der Waals surface area contributed by atoms with E-state index in [0.717, 1.165) is 19.3 Å². The van der Waals surface area contributed by atoms with Crippen LogP contribution < -0.4 is 5.32 Å². The van der Waals surface area contributed by atoms with Gasteiger partial charge in [0.2, 0.25) is 0 Å². The van der Waals surface area contributed by atoms with Crippen molar-refractivity contribution in [1.29, 1.82) is 0 Å². The van der Waals surface area contributed by atoms with Gasteiger partial charge in [-0.2, -0.15) is 0 Å². The molecule has 1 saturated carbocycles. The average molecular weight is 252 g/mol. The second-order valence-corrected chi connectivity index (χ2v) is 4.50. The monoisotopic (exact) mass is 252 g/mol. The van der Waals surface area contributed by atoms with Gasteiger partial charge in [0.15, 0.2) is 0 Å². The molecule has 1 aliphatic carbocycles. The van der Waals surface area contributed by atoms with Crippen LogP contribution in [-0.4, -0.2) is 41.1 Å². The van der Waals surface area contributed by atoms with Gasteiger partial charge in [-0.15, -0.1) is 6.42 Å². The minimum atomic E-state index is -0.833. The van der Waals surface area contributed by atoms with Crippen LogP contribution in [0.1, 0.15) is 32.6 Å². The molecule has 1 rings (SSSR count). The van der Waals surface area contributed by atoms with E-state index < -0.39 is 11.9 Å². The molecule has 1 aliphatic rings. The van der Waals surface area contributed by atoms with Crippen molar-refractivity contribution in [2.45, 2.75) is 38.6 Å². The van der Waals surface area contributed by atoms with E-state index in [2.05, 4.69) is 11.2 Å². The Labute approximate surface area is 108 Å². The Kier molecular flexibility index (Phi) is 5.50. The maximum atomic E-state index is 11.9. The predicted octanol–water partition coefficient (Wildman–Crippen LogP) is 1.29. The molecule has 2 amide bonds. The van der Waals surface area contributed by atoms with Crippen LogP contribution in [0.3, 0.4) is 0 Å². The number of urea groups is 1.